The average Bonchev–Trinajstić information content (AvgIpc) is 3.11. The van der Waals surface area contributed by atoms with Gasteiger partial charge in [-0.3, -0.25) is 9.78 Å². The molecule has 0 radical (unpaired) electrons. The predicted molar refractivity (Wildman–Crippen MR) is 106 cm³/mol. The Kier molecular flexibility index (Phi) is 4.84. The fourth-order valence-electron chi connectivity index (χ4n) is 2.52. The quantitative estimate of drug-likeness (QED) is 0.504. The van der Waals surface area contributed by atoms with Crippen LogP contribution in [0, 0.1) is 0 Å². The summed E-state index contributed by atoms with van der Waals surface area (Å²) in [5, 5.41) is 2.80. The molecule has 7 heteroatoms. The third kappa shape index (κ3) is 4.15. The van der Waals surface area contributed by atoms with Crippen molar-refractivity contribution in [3.05, 3.63) is 71.5 Å². The maximum absolute atomic E-state index is 12.1. The van der Waals surface area contributed by atoms with Crippen LogP contribution in [0.5, 0.6) is 5.75 Å². The molecule has 0 aliphatic rings. The highest BCUT2D eigenvalue weighted by molar-refractivity contribution is 9.10. The number of carbonyl (C=O) groups is 1. The van der Waals surface area contributed by atoms with E-state index in [1.165, 1.54) is 0 Å². The average molecular weight is 424 g/mol. The number of para-hydroxylation sites is 1. The molecule has 0 bridgehead atoms. The highest BCUT2D eigenvalue weighted by atomic mass is 79.9. The lowest BCUT2D eigenvalue weighted by molar-refractivity contribution is -0.118. The Morgan fingerprint density at radius 2 is 1.96 bits per heavy atom. The first-order valence-corrected chi connectivity index (χ1v) is 8.96. The molecule has 2 heterocycles. The monoisotopic (exact) mass is 423 g/mol. The largest absolute Gasteiger partial charge is 0.484 e. The molecule has 2 aromatic carbocycles. The molecule has 4 rings (SSSR count). The molecule has 1 amide bonds. The summed E-state index contributed by atoms with van der Waals surface area (Å²) in [7, 11) is 0. The van der Waals surface area contributed by atoms with Gasteiger partial charge in [0, 0.05) is 22.6 Å². The van der Waals surface area contributed by atoms with E-state index in [0.717, 1.165) is 10.0 Å². The van der Waals surface area contributed by atoms with Gasteiger partial charge in [0.1, 0.15) is 11.3 Å². The SMILES string of the molecule is O=C(COc1ccccc1)Nc1ccc2oc(-c3cncc(Br)c3)nc2c1. The fraction of sp³-hybridized carbons (Fsp3) is 0.0500. The van der Waals surface area contributed by atoms with Gasteiger partial charge >= 0.3 is 0 Å². The molecule has 0 fully saturated rings. The van der Waals surface area contributed by atoms with Gasteiger partial charge in [-0.05, 0) is 52.3 Å². The number of amides is 1. The zero-order valence-corrected chi connectivity index (χ0v) is 15.6. The summed E-state index contributed by atoms with van der Waals surface area (Å²) in [6, 6.07) is 16.4. The van der Waals surface area contributed by atoms with Gasteiger partial charge in [0.15, 0.2) is 12.2 Å². The Labute approximate surface area is 163 Å². The number of hydrogen-bond acceptors (Lipinski definition) is 5. The zero-order chi connectivity index (χ0) is 18.6. The number of nitrogens with one attached hydrogen (secondary N) is 1. The molecule has 6 nitrogen and oxygen atoms in total. The van der Waals surface area contributed by atoms with E-state index in [1.807, 2.05) is 24.3 Å². The molecule has 0 atom stereocenters. The van der Waals surface area contributed by atoms with Gasteiger partial charge in [-0.15, -0.1) is 0 Å². The van der Waals surface area contributed by atoms with Crippen molar-refractivity contribution >= 4 is 38.6 Å². The third-order valence-corrected chi connectivity index (χ3v) is 4.17. The molecule has 0 aliphatic heterocycles. The number of halogens is 1. The second-order valence-corrected chi connectivity index (χ2v) is 6.66. The molecule has 0 saturated heterocycles. The molecule has 4 aromatic rings. The van der Waals surface area contributed by atoms with Crippen molar-refractivity contribution in [2.75, 3.05) is 11.9 Å². The molecule has 134 valence electrons. The summed E-state index contributed by atoms with van der Waals surface area (Å²) in [6.45, 7) is -0.0736. The second kappa shape index (κ2) is 7.59. The van der Waals surface area contributed by atoms with Crippen LogP contribution in [0.4, 0.5) is 5.69 Å². The first kappa shape index (κ1) is 17.2. The number of hydrogen-bond donors (Lipinski definition) is 1. The summed E-state index contributed by atoms with van der Waals surface area (Å²) in [5.74, 6) is 0.861. The summed E-state index contributed by atoms with van der Waals surface area (Å²) in [4.78, 5) is 20.7. The van der Waals surface area contributed by atoms with E-state index in [9.17, 15) is 4.79 Å². The van der Waals surface area contributed by atoms with E-state index in [-0.39, 0.29) is 12.5 Å². The van der Waals surface area contributed by atoms with Gasteiger partial charge in [0.05, 0.1) is 5.56 Å². The Balaban J connectivity index is 1.47. The molecule has 2 aromatic heterocycles. The maximum Gasteiger partial charge on any atom is 0.262 e. The Morgan fingerprint density at radius 3 is 2.78 bits per heavy atom. The number of pyridine rings is 1. The van der Waals surface area contributed by atoms with Gasteiger partial charge in [-0.1, -0.05) is 18.2 Å². The van der Waals surface area contributed by atoms with Crippen molar-refractivity contribution in [2.24, 2.45) is 0 Å². The zero-order valence-electron chi connectivity index (χ0n) is 14.1. The number of benzene rings is 2. The first-order chi connectivity index (χ1) is 13.2. The lowest BCUT2D eigenvalue weighted by atomic mass is 10.3. The van der Waals surface area contributed by atoms with E-state index in [1.54, 1.807) is 42.7 Å². The van der Waals surface area contributed by atoms with Crippen LogP contribution in [-0.4, -0.2) is 22.5 Å². The normalized spacial score (nSPS) is 10.7. The number of anilines is 1. The topological polar surface area (TPSA) is 77.2 Å². The van der Waals surface area contributed by atoms with Crippen LogP contribution in [0.1, 0.15) is 0 Å². The number of nitrogens with zero attached hydrogens (tertiary/aromatic N) is 2. The minimum atomic E-state index is -0.252. The Morgan fingerprint density at radius 1 is 1.11 bits per heavy atom. The highest BCUT2D eigenvalue weighted by Gasteiger charge is 2.11. The number of rotatable bonds is 5. The van der Waals surface area contributed by atoms with Crippen LogP contribution in [0.25, 0.3) is 22.6 Å². The summed E-state index contributed by atoms with van der Waals surface area (Å²) >= 11 is 3.38. The van der Waals surface area contributed by atoms with Crippen molar-refractivity contribution in [1.82, 2.24) is 9.97 Å². The maximum atomic E-state index is 12.1. The fourth-order valence-corrected chi connectivity index (χ4v) is 2.88. The van der Waals surface area contributed by atoms with Gasteiger partial charge in [-0.2, -0.15) is 0 Å². The number of carbonyl (C=O) groups excluding carboxylic acids is 1. The molecule has 0 unspecified atom stereocenters. The standard InChI is InChI=1S/C20H14BrN3O3/c21-14-8-13(10-22-11-14)20-24-17-9-15(6-7-18(17)27-20)23-19(25)12-26-16-4-2-1-3-5-16/h1-11H,12H2,(H,23,25). The minimum Gasteiger partial charge on any atom is -0.484 e. The Hall–Kier alpha value is -3.19. The van der Waals surface area contributed by atoms with Crippen LogP contribution >= 0.6 is 15.9 Å². The summed E-state index contributed by atoms with van der Waals surface area (Å²) < 4.78 is 12.0. The summed E-state index contributed by atoms with van der Waals surface area (Å²) in [5.41, 5.74) is 2.66. The molecule has 0 spiro atoms. The van der Waals surface area contributed by atoms with Crippen LogP contribution in [0.2, 0.25) is 0 Å². The molecule has 1 N–H and O–H groups in total. The van der Waals surface area contributed by atoms with E-state index in [2.05, 4.69) is 31.2 Å². The number of fused-ring (bicyclic) bond motifs is 1. The van der Waals surface area contributed by atoms with Crippen LogP contribution in [0.15, 0.2) is 75.9 Å². The predicted octanol–water partition coefficient (Wildman–Crippen LogP) is 4.67. The highest BCUT2D eigenvalue weighted by Crippen LogP contribution is 2.27. The van der Waals surface area contributed by atoms with Crippen LogP contribution < -0.4 is 10.1 Å². The lowest BCUT2D eigenvalue weighted by Crippen LogP contribution is -2.20. The lowest BCUT2D eigenvalue weighted by Gasteiger charge is -2.07. The van der Waals surface area contributed by atoms with Crippen molar-refractivity contribution in [1.29, 1.82) is 0 Å². The van der Waals surface area contributed by atoms with E-state index >= 15 is 0 Å². The molecular weight excluding hydrogens is 410 g/mol. The van der Waals surface area contributed by atoms with Crippen molar-refractivity contribution < 1.29 is 13.9 Å². The van der Waals surface area contributed by atoms with Crippen molar-refractivity contribution in [3.8, 4) is 17.2 Å². The second-order valence-electron chi connectivity index (χ2n) is 5.74. The van der Waals surface area contributed by atoms with Crippen LogP contribution in [0.3, 0.4) is 0 Å². The van der Waals surface area contributed by atoms with Crippen LogP contribution in [-0.2, 0) is 4.79 Å². The van der Waals surface area contributed by atoms with Gasteiger partial charge in [0.2, 0.25) is 5.89 Å². The van der Waals surface area contributed by atoms with Gasteiger partial charge < -0.3 is 14.5 Å². The van der Waals surface area contributed by atoms with Crippen molar-refractivity contribution in [2.45, 2.75) is 0 Å². The first-order valence-electron chi connectivity index (χ1n) is 8.16. The minimum absolute atomic E-state index is 0.0736. The number of aromatic nitrogens is 2. The molecule has 0 aliphatic carbocycles. The van der Waals surface area contributed by atoms with Crippen molar-refractivity contribution in [3.63, 3.8) is 0 Å². The summed E-state index contributed by atoms with van der Waals surface area (Å²) in [6.07, 6.45) is 3.37. The van der Waals surface area contributed by atoms with E-state index in [4.69, 9.17) is 9.15 Å². The van der Waals surface area contributed by atoms with Gasteiger partial charge in [-0.25, -0.2) is 4.98 Å². The number of oxazole rings is 1. The molecular formula is C20H14BrN3O3. The molecule has 27 heavy (non-hydrogen) atoms. The molecule has 0 saturated carbocycles. The number of ether oxygens (including phenoxy) is 1. The van der Waals surface area contributed by atoms with Gasteiger partial charge in [0.25, 0.3) is 5.91 Å². The van der Waals surface area contributed by atoms with E-state index in [0.29, 0.717) is 28.4 Å². The third-order valence-electron chi connectivity index (χ3n) is 3.74. The Bertz CT molecular complexity index is 1100. The smallest absolute Gasteiger partial charge is 0.262 e. The van der Waals surface area contributed by atoms with E-state index < -0.39 is 0 Å².